The monoisotopic (exact) mass is 344 g/mol. The minimum Gasteiger partial charge on any atom is -3.00 e. The summed E-state index contributed by atoms with van der Waals surface area (Å²) in [6.07, 6.45) is 0. The van der Waals surface area contributed by atoms with Gasteiger partial charge in [0.1, 0.15) is 0 Å². The predicted octanol–water partition coefficient (Wildman–Crippen LogP) is 1.14. The van der Waals surface area contributed by atoms with Gasteiger partial charge in [0.2, 0.25) is 0 Å². The van der Waals surface area contributed by atoms with E-state index in [4.69, 9.17) is 0 Å². The van der Waals surface area contributed by atoms with Crippen molar-refractivity contribution in [2.24, 2.45) is 0 Å². The maximum Gasteiger partial charge on any atom is 4.00 e. The van der Waals surface area contributed by atoms with E-state index >= 15 is 0 Å². The standard InChI is InChI=1S/4N.6Ti/q4*-3;;;;3*+4. The molecular weight excluding hydrogens is 343 g/mol. The first-order valence-electron chi connectivity index (χ1n) is 0. The van der Waals surface area contributed by atoms with Crippen molar-refractivity contribution in [3.8, 4) is 0 Å². The van der Waals surface area contributed by atoms with Gasteiger partial charge < -0.3 is 24.6 Å². The van der Waals surface area contributed by atoms with Gasteiger partial charge in [0.25, 0.3) is 0 Å². The molecule has 0 aromatic heterocycles. The fourth-order valence-corrected chi connectivity index (χ4v) is 0. The van der Waals surface area contributed by atoms with Crippen LogP contribution in [0, 0.1) is 0 Å². The van der Waals surface area contributed by atoms with E-state index in [0.29, 0.717) is 0 Å². The maximum atomic E-state index is 0. The van der Waals surface area contributed by atoms with Gasteiger partial charge in [-0.25, -0.2) is 0 Å². The average molecular weight is 343 g/mol. The van der Waals surface area contributed by atoms with Gasteiger partial charge >= 0.3 is 65.2 Å². The van der Waals surface area contributed by atoms with E-state index in [1.807, 2.05) is 0 Å². The number of hydrogen-bond acceptors (Lipinski definition) is 0. The quantitative estimate of drug-likeness (QED) is 0.586. The Balaban J connectivity index is 0. The molecule has 0 fully saturated rings. The van der Waals surface area contributed by atoms with Gasteiger partial charge in [-0.3, -0.25) is 0 Å². The molecule has 10 heteroatoms. The van der Waals surface area contributed by atoms with Crippen LogP contribution in [0.25, 0.3) is 24.6 Å². The Morgan fingerprint density at radius 3 is 0.300 bits per heavy atom. The molecule has 0 rings (SSSR count). The Bertz CT molecular complexity index is 9.71. The Kier molecular flexibility index (Phi) is 1620. The van der Waals surface area contributed by atoms with Crippen molar-refractivity contribution < 1.29 is 130 Å². The summed E-state index contributed by atoms with van der Waals surface area (Å²) in [7, 11) is 0. The molecule has 0 heterocycles. The summed E-state index contributed by atoms with van der Waals surface area (Å²) >= 11 is 0. The van der Waals surface area contributed by atoms with E-state index in [1.54, 1.807) is 0 Å². The van der Waals surface area contributed by atoms with Crippen molar-refractivity contribution in [3.05, 3.63) is 24.6 Å². The molecule has 0 bridgehead atoms. The molecule has 10 heavy (non-hydrogen) atoms. The number of hydrogen-bond donors (Lipinski definition) is 0. The molecule has 0 saturated heterocycles. The van der Waals surface area contributed by atoms with E-state index in [9.17, 15) is 0 Å². The second kappa shape index (κ2) is 113. The zero-order valence-corrected chi connectivity index (χ0v) is 14.2. The smallest absolute Gasteiger partial charge is 3.00 e. The van der Waals surface area contributed by atoms with Gasteiger partial charge in [-0.2, -0.15) is 0 Å². The van der Waals surface area contributed by atoms with Crippen LogP contribution in [0.4, 0.5) is 0 Å². The van der Waals surface area contributed by atoms with Crippen molar-refractivity contribution in [3.63, 3.8) is 0 Å². The van der Waals surface area contributed by atoms with Crippen LogP contribution < -0.4 is 0 Å². The predicted molar refractivity (Wildman–Crippen MR) is 13.4 cm³/mol. The second-order valence-corrected chi connectivity index (χ2v) is 0. The summed E-state index contributed by atoms with van der Waals surface area (Å²) < 4.78 is 0. The van der Waals surface area contributed by atoms with Crippen LogP contribution in [0.2, 0.25) is 0 Å². The van der Waals surface area contributed by atoms with E-state index in [-0.39, 0.29) is 155 Å². The van der Waals surface area contributed by atoms with Crippen LogP contribution in [-0.4, -0.2) is 0 Å². The van der Waals surface area contributed by atoms with Crippen molar-refractivity contribution in [1.82, 2.24) is 0 Å². The first-order valence-corrected chi connectivity index (χ1v) is 0. The van der Waals surface area contributed by atoms with E-state index in [0.717, 1.165) is 0 Å². The Labute approximate surface area is 152 Å². The molecule has 0 saturated carbocycles. The molecule has 44 valence electrons. The molecule has 4 nitrogen and oxygen atoms in total. The summed E-state index contributed by atoms with van der Waals surface area (Å²) in [5.74, 6) is 0. The zero-order chi connectivity index (χ0) is 0. The van der Waals surface area contributed by atoms with Gasteiger partial charge in [0.05, 0.1) is 0 Å². The molecule has 0 aliphatic heterocycles. The van der Waals surface area contributed by atoms with E-state index < -0.39 is 0 Å². The van der Waals surface area contributed by atoms with Crippen molar-refractivity contribution in [2.75, 3.05) is 0 Å². The van der Waals surface area contributed by atoms with Crippen molar-refractivity contribution in [1.29, 1.82) is 0 Å². The summed E-state index contributed by atoms with van der Waals surface area (Å²) in [5.41, 5.74) is 0. The fourth-order valence-electron chi connectivity index (χ4n) is 0. The largest absolute Gasteiger partial charge is 4.00 e. The molecule has 0 unspecified atom stereocenters. The van der Waals surface area contributed by atoms with Gasteiger partial charge in [0, 0.05) is 65.2 Å². The normalized spacial score (nSPS) is 0. The molecule has 0 N–H and O–H groups in total. The first kappa shape index (κ1) is 143. The van der Waals surface area contributed by atoms with Crippen LogP contribution in [0.3, 0.4) is 0 Å². The number of nitrogens with zero attached hydrogens (tertiary/aromatic N) is 4. The third-order valence-corrected chi connectivity index (χ3v) is 0. The molecule has 0 amide bonds. The number of rotatable bonds is 0. The summed E-state index contributed by atoms with van der Waals surface area (Å²) in [6, 6.07) is 0. The Hall–Kier alpha value is 4.13. The Morgan fingerprint density at radius 1 is 0.300 bits per heavy atom. The summed E-state index contributed by atoms with van der Waals surface area (Å²) in [6.45, 7) is 0. The van der Waals surface area contributed by atoms with E-state index in [2.05, 4.69) is 0 Å². The minimum absolute atomic E-state index is 0. The van der Waals surface area contributed by atoms with Crippen LogP contribution in [-0.2, 0) is 130 Å². The molecule has 0 aliphatic rings. The molecule has 0 atom stereocenters. The van der Waals surface area contributed by atoms with Gasteiger partial charge in [-0.15, -0.1) is 0 Å². The maximum absolute atomic E-state index is 0. The van der Waals surface area contributed by atoms with Crippen molar-refractivity contribution in [2.45, 2.75) is 0 Å². The van der Waals surface area contributed by atoms with Crippen LogP contribution >= 0.6 is 0 Å². The average Bonchev–Trinajstić information content (AvgIpc) is 0. The topological polar surface area (TPSA) is 122 Å². The molecular formula is N4Ti6. The molecule has 0 aliphatic carbocycles. The van der Waals surface area contributed by atoms with Gasteiger partial charge in [-0.05, 0) is 0 Å². The van der Waals surface area contributed by atoms with E-state index in [1.165, 1.54) is 0 Å². The van der Waals surface area contributed by atoms with Gasteiger partial charge in [0.15, 0.2) is 0 Å². The first-order chi connectivity index (χ1) is 0. The second-order valence-electron chi connectivity index (χ2n) is 0. The molecule has 0 radical (unpaired) electrons. The van der Waals surface area contributed by atoms with Crippen molar-refractivity contribution >= 4 is 0 Å². The zero-order valence-electron chi connectivity index (χ0n) is 4.79. The van der Waals surface area contributed by atoms with Crippen LogP contribution in [0.15, 0.2) is 0 Å². The third-order valence-electron chi connectivity index (χ3n) is 0. The third kappa shape index (κ3) is 88.2. The Morgan fingerprint density at radius 2 is 0.300 bits per heavy atom. The summed E-state index contributed by atoms with van der Waals surface area (Å²) in [4.78, 5) is 0. The van der Waals surface area contributed by atoms with Crippen LogP contribution in [0.1, 0.15) is 0 Å². The summed E-state index contributed by atoms with van der Waals surface area (Å²) in [5, 5.41) is 0. The molecule has 0 spiro atoms. The SMILES string of the molecule is [N-3].[N-3].[N-3].[N-3].[Ti+4].[Ti+4].[Ti+4].[Ti].[Ti].[Ti]. The molecule has 0 aromatic rings. The van der Waals surface area contributed by atoms with Gasteiger partial charge in [-0.1, -0.05) is 0 Å². The fraction of sp³-hybridized carbons (Fsp3) is 0. The van der Waals surface area contributed by atoms with Crippen LogP contribution in [0.5, 0.6) is 0 Å². The molecule has 0 aromatic carbocycles. The minimum atomic E-state index is 0.